The Labute approximate surface area is 439 Å². The Morgan fingerprint density at radius 1 is 0.948 bits per heavy atom. The summed E-state index contributed by atoms with van der Waals surface area (Å²) in [6, 6.07) is 7.58. The van der Waals surface area contributed by atoms with Crippen LogP contribution in [-0.4, -0.2) is 146 Å². The van der Waals surface area contributed by atoms with Crippen molar-refractivity contribution in [2.75, 3.05) is 65.9 Å². The van der Waals surface area contributed by atoms with Gasteiger partial charge in [-0.3, -0.25) is 48.1 Å². The number of nitrogens with zero attached hydrogens (tertiary/aromatic N) is 2. The number of carbonyl (C=O) groups excluding carboxylic acids is 9. The standard InChI is InChI=1S/C52H60F3N9O13/c1-29-18-45(72)77-16-13-51(29,26-65)21-38-48-33(22-56-38)47-35(9-8-32-30(2)34(53)20-36(62-48)46(32)47)63-50(74)52(54,55)27-76-28-60-41(68)24-59-49(73)37(19-31-6-4-3-5-7-31)61-42(69)25-58-40(67)23-57-39(66)12-15-75-17-14-64-43(70)10-11-44(64)71/h3-7,10-11,20-21,29,35,37,56,65H,8-9,12-19,22-28H2,1-2H3,(H,57,66)(H,58,67)(H,59,73)(H,60,68)(H,61,69)(H,63,74)/b38-21-/t29-,35+,37+,51?/m1/s1. The molecule has 1 fully saturated rings. The lowest BCUT2D eigenvalue weighted by Gasteiger charge is -2.33. The number of alkyl halides is 2. The Kier molecular flexibility index (Phi) is 18.8. The Morgan fingerprint density at radius 2 is 1.65 bits per heavy atom. The topological polar surface area (TPSA) is 302 Å². The Hall–Kier alpha value is -7.77. The Morgan fingerprint density at radius 3 is 2.39 bits per heavy atom. The van der Waals surface area contributed by atoms with Crippen molar-refractivity contribution in [3.63, 3.8) is 0 Å². The number of pyridine rings is 1. The maximum Gasteiger partial charge on any atom is 0.347 e. The number of esters is 1. The maximum absolute atomic E-state index is 15.5. The number of benzene rings is 2. The molecule has 412 valence electrons. The van der Waals surface area contributed by atoms with Crippen LogP contribution in [-0.2, 0) is 76.7 Å². The van der Waals surface area contributed by atoms with Crippen molar-refractivity contribution < 1.29 is 75.6 Å². The molecule has 1 unspecified atom stereocenters. The second kappa shape index (κ2) is 25.4. The lowest BCUT2D eigenvalue weighted by molar-refractivity contribution is -0.156. The highest BCUT2D eigenvalue weighted by Gasteiger charge is 2.43. The van der Waals surface area contributed by atoms with Crippen LogP contribution in [0.25, 0.3) is 16.6 Å². The Balaban J connectivity index is 0.875. The van der Waals surface area contributed by atoms with Gasteiger partial charge >= 0.3 is 11.9 Å². The summed E-state index contributed by atoms with van der Waals surface area (Å²) in [5.74, 6) is -11.7. The molecule has 4 aliphatic rings. The van der Waals surface area contributed by atoms with E-state index in [1.54, 1.807) is 43.3 Å². The molecule has 4 heterocycles. The second-order valence-electron chi connectivity index (χ2n) is 19.1. The van der Waals surface area contributed by atoms with Crippen molar-refractivity contribution in [1.29, 1.82) is 0 Å². The van der Waals surface area contributed by atoms with Gasteiger partial charge in [-0.1, -0.05) is 43.3 Å². The van der Waals surface area contributed by atoms with E-state index in [1.165, 1.54) is 6.07 Å². The average molecular weight is 1080 g/mol. The fourth-order valence-corrected chi connectivity index (χ4v) is 9.48. The zero-order valence-corrected chi connectivity index (χ0v) is 42.3. The summed E-state index contributed by atoms with van der Waals surface area (Å²) >= 11 is 0. The van der Waals surface area contributed by atoms with Gasteiger partial charge in [-0.05, 0) is 54.4 Å². The van der Waals surface area contributed by atoms with E-state index in [0.29, 0.717) is 51.0 Å². The molecule has 2 aromatic carbocycles. The highest BCUT2D eigenvalue weighted by Crippen LogP contribution is 2.45. The van der Waals surface area contributed by atoms with E-state index >= 15 is 13.2 Å². The van der Waals surface area contributed by atoms with E-state index in [0.717, 1.165) is 17.1 Å². The molecule has 3 aromatic rings. The third kappa shape index (κ3) is 14.2. The van der Waals surface area contributed by atoms with Crippen LogP contribution < -0.4 is 37.2 Å². The van der Waals surface area contributed by atoms with Crippen LogP contribution in [0.5, 0.6) is 0 Å². The lowest BCUT2D eigenvalue weighted by atomic mass is 9.72. The molecule has 0 saturated carbocycles. The summed E-state index contributed by atoms with van der Waals surface area (Å²) in [6.45, 7) is -0.625. The first-order valence-corrected chi connectivity index (χ1v) is 25.0. The first-order chi connectivity index (χ1) is 36.8. The van der Waals surface area contributed by atoms with Crippen molar-refractivity contribution >= 4 is 69.8 Å². The third-order valence-corrected chi connectivity index (χ3v) is 13.9. The fraction of sp³-hybridized carbons (Fsp3) is 0.462. The van der Waals surface area contributed by atoms with Gasteiger partial charge < -0.3 is 56.5 Å². The quantitative estimate of drug-likeness (QED) is 0.0259. The zero-order chi connectivity index (χ0) is 55.4. The number of fused-ring (bicyclic) bond motifs is 2. The van der Waals surface area contributed by atoms with Gasteiger partial charge in [0.1, 0.15) is 25.2 Å². The molecule has 1 aromatic heterocycles. The monoisotopic (exact) mass is 1080 g/mol. The predicted molar refractivity (Wildman–Crippen MR) is 266 cm³/mol. The zero-order valence-electron chi connectivity index (χ0n) is 42.3. The normalized spacial score (nSPS) is 19.7. The van der Waals surface area contributed by atoms with E-state index in [4.69, 9.17) is 19.2 Å². The van der Waals surface area contributed by atoms with Crippen molar-refractivity contribution in [2.24, 2.45) is 11.3 Å². The minimum Gasteiger partial charge on any atom is -0.466 e. The predicted octanol–water partition coefficient (Wildman–Crippen LogP) is 0.315. The first kappa shape index (κ1) is 56.9. The van der Waals surface area contributed by atoms with Gasteiger partial charge in [-0.25, -0.2) is 9.37 Å². The number of aliphatic hydroxyl groups is 1. The van der Waals surface area contributed by atoms with Crippen molar-refractivity contribution in [3.8, 4) is 0 Å². The van der Waals surface area contributed by atoms with Crippen molar-refractivity contribution in [3.05, 3.63) is 94.0 Å². The molecule has 8 amide bonds. The molecule has 22 nitrogen and oxygen atoms in total. The van der Waals surface area contributed by atoms with E-state index in [1.807, 2.05) is 6.92 Å². The van der Waals surface area contributed by atoms with Crippen LogP contribution in [0.2, 0.25) is 0 Å². The number of halogens is 3. The molecule has 0 radical (unpaired) electrons. The number of amides is 8. The van der Waals surface area contributed by atoms with Gasteiger partial charge in [-0.2, -0.15) is 8.78 Å². The van der Waals surface area contributed by atoms with E-state index < -0.39 is 115 Å². The van der Waals surface area contributed by atoms with Gasteiger partial charge in [0.2, 0.25) is 29.5 Å². The lowest BCUT2D eigenvalue weighted by Crippen LogP contribution is -2.52. The molecule has 25 heteroatoms. The highest BCUT2D eigenvalue weighted by molar-refractivity contribution is 6.12. The minimum atomic E-state index is -4.11. The molecule has 1 saturated heterocycles. The van der Waals surface area contributed by atoms with Gasteiger partial charge in [-0.15, -0.1) is 0 Å². The van der Waals surface area contributed by atoms with Crippen LogP contribution in [0.15, 0.2) is 54.6 Å². The number of carbonyl (C=O) groups is 9. The number of hydrogen-bond acceptors (Lipinski definition) is 15. The largest absolute Gasteiger partial charge is 0.466 e. The molecular formula is C52H60F3N9O13. The summed E-state index contributed by atoms with van der Waals surface area (Å²) in [5, 5.41) is 28.7. The molecule has 0 spiro atoms. The number of nitrogens with one attached hydrogen (secondary N) is 7. The molecule has 4 atom stereocenters. The summed E-state index contributed by atoms with van der Waals surface area (Å²) < 4.78 is 62.0. The van der Waals surface area contributed by atoms with Gasteiger partial charge in [0.15, 0.2) is 0 Å². The van der Waals surface area contributed by atoms with Crippen molar-refractivity contribution in [2.45, 2.75) is 76.9 Å². The summed E-state index contributed by atoms with van der Waals surface area (Å²) in [4.78, 5) is 118. The van der Waals surface area contributed by atoms with Gasteiger partial charge in [0.25, 0.3) is 17.7 Å². The molecule has 8 N–H and O–H groups in total. The minimum absolute atomic E-state index is 0.00369. The second-order valence-corrected chi connectivity index (χ2v) is 19.1. The van der Waals surface area contributed by atoms with E-state index in [2.05, 4.69) is 37.2 Å². The number of ether oxygens (including phenoxy) is 3. The van der Waals surface area contributed by atoms with E-state index in [9.17, 15) is 48.3 Å². The average Bonchev–Trinajstić information content (AvgIpc) is 3.93. The molecule has 7 rings (SSSR count). The number of cyclic esters (lactones) is 1. The summed E-state index contributed by atoms with van der Waals surface area (Å²) in [7, 11) is 0. The van der Waals surface area contributed by atoms with E-state index in [-0.39, 0.29) is 83.1 Å². The number of imide groups is 1. The fourth-order valence-electron chi connectivity index (χ4n) is 9.48. The van der Waals surface area contributed by atoms with Crippen molar-refractivity contribution in [1.82, 2.24) is 47.1 Å². The first-order valence-electron chi connectivity index (χ1n) is 25.0. The number of rotatable bonds is 24. The third-order valence-electron chi connectivity index (χ3n) is 13.9. The number of aromatic nitrogens is 1. The number of aryl methyl sites for hydroxylation is 1. The Bertz CT molecular complexity index is 2850. The van der Waals surface area contributed by atoms with Crippen LogP contribution in [0.1, 0.15) is 72.2 Å². The SMILES string of the molecule is Cc1c(F)cc2nc3c(c4c2c1CC[C@@H]4NC(=O)C(F)(F)COCNC(=O)CNC(=O)[C@H](Cc1ccccc1)NC(=O)CNC(=O)CNC(=O)CCOCCN1C(=O)C=CC1=O)CN/C3=C\C1(CO)CCOC(=O)C[C@H]1C. The van der Waals surface area contributed by atoms with Crippen LogP contribution >= 0.6 is 0 Å². The molecule has 3 aliphatic heterocycles. The van der Waals surface area contributed by atoms with Crippen LogP contribution in [0.4, 0.5) is 13.2 Å². The highest BCUT2D eigenvalue weighted by atomic mass is 19.3. The summed E-state index contributed by atoms with van der Waals surface area (Å²) in [6.07, 6.45) is 4.69. The smallest absolute Gasteiger partial charge is 0.347 e. The number of hydrogen-bond donors (Lipinski definition) is 8. The van der Waals surface area contributed by atoms with Gasteiger partial charge in [0, 0.05) is 60.4 Å². The number of aliphatic hydroxyl groups excluding tert-OH is 1. The summed E-state index contributed by atoms with van der Waals surface area (Å²) in [5.41, 5.74) is 2.99. The van der Waals surface area contributed by atoms with Crippen LogP contribution in [0.3, 0.4) is 0 Å². The maximum atomic E-state index is 15.5. The molecular weight excluding hydrogens is 1020 g/mol. The molecule has 0 bridgehead atoms. The molecule has 77 heavy (non-hydrogen) atoms. The van der Waals surface area contributed by atoms with Gasteiger partial charge in [0.05, 0.1) is 75.6 Å². The van der Waals surface area contributed by atoms with Crippen LogP contribution in [0, 0.1) is 24.1 Å². The molecule has 1 aliphatic carbocycles.